The number of hydrogen-bond acceptors (Lipinski definition) is 4. The molecular weight excluding hydrogens is 294 g/mol. The Kier molecular flexibility index (Phi) is 2.45. The Morgan fingerprint density at radius 3 is 2.95 bits per heavy atom. The maximum atomic E-state index is 9.89. The van der Waals surface area contributed by atoms with E-state index in [0.717, 1.165) is 26.3 Å². The number of aromatic hydroxyl groups is 1. The molecule has 0 atom stereocenters. The zero-order chi connectivity index (χ0) is 13.7. The molecule has 6 heteroatoms. The highest BCUT2D eigenvalue weighted by atomic mass is 35.5. The number of thiophene rings is 1. The van der Waals surface area contributed by atoms with Gasteiger partial charge in [-0.15, -0.1) is 11.3 Å². The highest BCUT2D eigenvalue weighted by Crippen LogP contribution is 2.37. The Morgan fingerprint density at radius 2 is 2.10 bits per heavy atom. The van der Waals surface area contributed by atoms with Crippen molar-refractivity contribution in [1.82, 2.24) is 14.6 Å². The van der Waals surface area contributed by atoms with Crippen LogP contribution in [-0.2, 0) is 0 Å². The van der Waals surface area contributed by atoms with Crippen LogP contribution in [0, 0.1) is 0 Å². The highest BCUT2D eigenvalue weighted by molar-refractivity contribution is 7.22. The number of phenolic OH excluding ortho intramolecular Hbond substituents is 1. The number of hydrogen-bond donors (Lipinski definition) is 1. The van der Waals surface area contributed by atoms with E-state index >= 15 is 0 Å². The lowest BCUT2D eigenvalue weighted by Crippen LogP contribution is -1.92. The Labute approximate surface area is 122 Å². The van der Waals surface area contributed by atoms with E-state index in [4.69, 9.17) is 11.6 Å². The van der Waals surface area contributed by atoms with Crippen LogP contribution in [0.4, 0.5) is 0 Å². The van der Waals surface area contributed by atoms with Gasteiger partial charge >= 0.3 is 0 Å². The quantitative estimate of drug-likeness (QED) is 0.579. The third-order valence-electron chi connectivity index (χ3n) is 3.11. The van der Waals surface area contributed by atoms with Gasteiger partial charge in [0.1, 0.15) is 16.6 Å². The predicted molar refractivity (Wildman–Crippen MR) is 80.5 cm³/mol. The van der Waals surface area contributed by atoms with Crippen LogP contribution in [0.25, 0.3) is 26.3 Å². The lowest BCUT2D eigenvalue weighted by Gasteiger charge is -1.97. The second kappa shape index (κ2) is 4.19. The van der Waals surface area contributed by atoms with E-state index in [9.17, 15) is 5.11 Å². The van der Waals surface area contributed by atoms with Crippen molar-refractivity contribution in [1.29, 1.82) is 0 Å². The van der Waals surface area contributed by atoms with Crippen molar-refractivity contribution in [3.63, 3.8) is 0 Å². The number of halogens is 1. The van der Waals surface area contributed by atoms with Crippen molar-refractivity contribution in [3.8, 4) is 16.3 Å². The smallest absolute Gasteiger partial charge is 0.154 e. The van der Waals surface area contributed by atoms with Crippen molar-refractivity contribution in [2.45, 2.75) is 0 Å². The fraction of sp³-hybridized carbons (Fsp3) is 0. The van der Waals surface area contributed by atoms with Gasteiger partial charge in [0.25, 0.3) is 0 Å². The summed E-state index contributed by atoms with van der Waals surface area (Å²) in [4.78, 5) is 5.30. The van der Waals surface area contributed by atoms with Gasteiger partial charge in [0.2, 0.25) is 0 Å². The van der Waals surface area contributed by atoms with Crippen LogP contribution in [0.15, 0.2) is 42.6 Å². The molecule has 1 aromatic carbocycles. The average molecular weight is 302 g/mol. The standard InChI is InChI=1S/C14H8ClN3OS/c15-12-4-5-13-16-7-9(18(13)17-12)11-6-8-2-1-3-10(19)14(8)20-11/h1-7,19H. The minimum Gasteiger partial charge on any atom is -0.506 e. The molecule has 0 aliphatic carbocycles. The summed E-state index contributed by atoms with van der Waals surface area (Å²) in [5.74, 6) is 0.290. The van der Waals surface area contributed by atoms with Crippen molar-refractivity contribution < 1.29 is 5.11 Å². The van der Waals surface area contributed by atoms with Crippen molar-refractivity contribution >= 4 is 38.7 Å². The second-order valence-corrected chi connectivity index (χ2v) is 5.82. The first kappa shape index (κ1) is 11.7. The Bertz CT molecular complexity index is 944. The fourth-order valence-electron chi connectivity index (χ4n) is 2.19. The molecule has 0 amide bonds. The fourth-order valence-corrected chi connectivity index (χ4v) is 3.40. The van der Waals surface area contributed by atoms with Crippen LogP contribution in [0.1, 0.15) is 0 Å². The van der Waals surface area contributed by atoms with Gasteiger partial charge in [-0.05, 0) is 29.7 Å². The number of rotatable bonds is 1. The molecule has 3 heterocycles. The van der Waals surface area contributed by atoms with Gasteiger partial charge in [-0.25, -0.2) is 9.50 Å². The first-order valence-electron chi connectivity index (χ1n) is 5.94. The van der Waals surface area contributed by atoms with E-state index in [1.165, 1.54) is 11.3 Å². The van der Waals surface area contributed by atoms with Crippen LogP contribution >= 0.6 is 22.9 Å². The molecule has 20 heavy (non-hydrogen) atoms. The lowest BCUT2D eigenvalue weighted by molar-refractivity contribution is 0.482. The van der Waals surface area contributed by atoms with Gasteiger partial charge in [-0.3, -0.25) is 0 Å². The number of aromatic nitrogens is 3. The number of fused-ring (bicyclic) bond motifs is 2. The van der Waals surface area contributed by atoms with Gasteiger partial charge < -0.3 is 5.11 Å². The van der Waals surface area contributed by atoms with E-state index in [0.29, 0.717) is 10.9 Å². The maximum absolute atomic E-state index is 9.89. The molecule has 0 saturated heterocycles. The lowest BCUT2D eigenvalue weighted by atomic mass is 10.2. The van der Waals surface area contributed by atoms with Crippen molar-refractivity contribution in [2.75, 3.05) is 0 Å². The third kappa shape index (κ3) is 1.67. The van der Waals surface area contributed by atoms with Crippen LogP contribution in [-0.4, -0.2) is 19.7 Å². The van der Waals surface area contributed by atoms with Gasteiger partial charge in [0, 0.05) is 0 Å². The molecule has 0 unspecified atom stereocenters. The zero-order valence-electron chi connectivity index (χ0n) is 10.1. The first-order chi connectivity index (χ1) is 9.72. The van der Waals surface area contributed by atoms with E-state index in [1.807, 2.05) is 24.3 Å². The number of benzene rings is 1. The Balaban J connectivity index is 2.01. The van der Waals surface area contributed by atoms with E-state index < -0.39 is 0 Å². The van der Waals surface area contributed by atoms with Gasteiger partial charge in [0.05, 0.1) is 15.8 Å². The molecule has 0 bridgehead atoms. The van der Waals surface area contributed by atoms with E-state index in [2.05, 4.69) is 10.1 Å². The SMILES string of the molecule is Oc1cccc2cc(-c3cnc4ccc(Cl)nn34)sc12. The molecule has 4 rings (SSSR count). The minimum atomic E-state index is 0.290. The Hall–Kier alpha value is -2.11. The summed E-state index contributed by atoms with van der Waals surface area (Å²) in [7, 11) is 0. The first-order valence-corrected chi connectivity index (χ1v) is 7.14. The molecule has 0 radical (unpaired) electrons. The average Bonchev–Trinajstić information content (AvgIpc) is 3.02. The summed E-state index contributed by atoms with van der Waals surface area (Å²) in [6.07, 6.45) is 1.76. The van der Waals surface area contributed by atoms with Gasteiger partial charge in [-0.1, -0.05) is 23.7 Å². The predicted octanol–water partition coefficient (Wildman–Crippen LogP) is 3.97. The van der Waals surface area contributed by atoms with Gasteiger partial charge in [-0.2, -0.15) is 5.10 Å². The van der Waals surface area contributed by atoms with E-state index in [-0.39, 0.29) is 0 Å². The van der Waals surface area contributed by atoms with E-state index in [1.54, 1.807) is 22.8 Å². The third-order valence-corrected chi connectivity index (χ3v) is 4.50. The minimum absolute atomic E-state index is 0.290. The monoisotopic (exact) mass is 301 g/mol. The van der Waals surface area contributed by atoms with Crippen molar-refractivity contribution in [3.05, 3.63) is 47.7 Å². The van der Waals surface area contributed by atoms with Crippen molar-refractivity contribution in [2.24, 2.45) is 0 Å². The molecule has 0 saturated carbocycles. The maximum Gasteiger partial charge on any atom is 0.154 e. The molecule has 4 nitrogen and oxygen atoms in total. The van der Waals surface area contributed by atoms with Crippen LogP contribution in [0.3, 0.4) is 0 Å². The zero-order valence-corrected chi connectivity index (χ0v) is 11.7. The largest absolute Gasteiger partial charge is 0.506 e. The van der Waals surface area contributed by atoms with Crippen LogP contribution in [0.2, 0.25) is 5.15 Å². The summed E-state index contributed by atoms with van der Waals surface area (Å²) < 4.78 is 2.57. The molecule has 0 aliphatic heterocycles. The number of phenols is 1. The normalized spacial score (nSPS) is 11.4. The highest BCUT2D eigenvalue weighted by Gasteiger charge is 2.12. The summed E-state index contributed by atoms with van der Waals surface area (Å²) in [6, 6.07) is 11.0. The molecule has 1 N–H and O–H groups in total. The topological polar surface area (TPSA) is 50.4 Å². The molecule has 4 aromatic rings. The molecule has 3 aromatic heterocycles. The number of imidazole rings is 1. The summed E-state index contributed by atoms with van der Waals surface area (Å²) in [5, 5.41) is 15.6. The van der Waals surface area contributed by atoms with Gasteiger partial charge in [0.15, 0.2) is 5.65 Å². The summed E-state index contributed by atoms with van der Waals surface area (Å²) in [6.45, 7) is 0. The molecule has 0 aliphatic rings. The molecule has 98 valence electrons. The summed E-state index contributed by atoms with van der Waals surface area (Å²) in [5.41, 5.74) is 1.61. The summed E-state index contributed by atoms with van der Waals surface area (Å²) >= 11 is 7.45. The molecular formula is C14H8ClN3OS. The Morgan fingerprint density at radius 1 is 1.20 bits per heavy atom. The molecule has 0 spiro atoms. The second-order valence-electron chi connectivity index (χ2n) is 4.38. The van der Waals surface area contributed by atoms with Crippen LogP contribution in [0.5, 0.6) is 5.75 Å². The van der Waals surface area contributed by atoms with Crippen LogP contribution < -0.4 is 0 Å². The molecule has 0 fully saturated rings. The number of nitrogens with zero attached hydrogens (tertiary/aromatic N) is 3.